The molecule has 1 fully saturated rings. The van der Waals surface area contributed by atoms with Crippen LogP contribution in [0.4, 0.5) is 0 Å². The summed E-state index contributed by atoms with van der Waals surface area (Å²) in [5.41, 5.74) is 0.711. The molecular formula is C17H36OSi. The Hall–Kier alpha value is 0.177. The first kappa shape index (κ1) is 17.2. The Morgan fingerprint density at radius 2 is 1.53 bits per heavy atom. The fourth-order valence-electron chi connectivity index (χ4n) is 3.18. The highest BCUT2D eigenvalue weighted by Gasteiger charge is 2.21. The Kier molecular flexibility index (Phi) is 10.8. The summed E-state index contributed by atoms with van der Waals surface area (Å²) in [6, 6.07) is 1.51. The van der Waals surface area contributed by atoms with E-state index < -0.39 is 8.80 Å². The zero-order valence-electron chi connectivity index (χ0n) is 13.5. The smallest absolute Gasteiger partial charge is 0.0686 e. The molecular weight excluding hydrogens is 248 g/mol. The maximum atomic E-state index is 5.93. The van der Waals surface area contributed by atoms with Gasteiger partial charge in [-0.2, -0.15) is 0 Å². The minimum atomic E-state index is -0.580. The van der Waals surface area contributed by atoms with Crippen molar-refractivity contribution in [2.45, 2.75) is 102 Å². The quantitative estimate of drug-likeness (QED) is 0.360. The second-order valence-electron chi connectivity index (χ2n) is 6.50. The summed E-state index contributed by atoms with van der Waals surface area (Å²) in [6.45, 7) is 5.86. The highest BCUT2D eigenvalue weighted by Crippen LogP contribution is 2.19. The van der Waals surface area contributed by atoms with Gasteiger partial charge in [0, 0.05) is 12.3 Å². The van der Waals surface area contributed by atoms with Gasteiger partial charge in [-0.1, -0.05) is 77.3 Å². The van der Waals surface area contributed by atoms with Crippen LogP contribution in [-0.4, -0.2) is 21.1 Å². The lowest BCUT2D eigenvalue weighted by Crippen LogP contribution is -2.33. The van der Waals surface area contributed by atoms with Crippen molar-refractivity contribution in [3.8, 4) is 0 Å². The highest BCUT2D eigenvalue weighted by molar-refractivity contribution is 6.58. The van der Waals surface area contributed by atoms with Crippen molar-refractivity contribution in [2.24, 2.45) is 0 Å². The van der Waals surface area contributed by atoms with E-state index >= 15 is 0 Å². The van der Waals surface area contributed by atoms with Crippen molar-refractivity contribution in [2.75, 3.05) is 6.61 Å². The molecule has 0 amide bonds. The molecule has 0 N–H and O–H groups in total. The molecule has 1 nitrogen and oxygen atoms in total. The first-order valence-corrected chi connectivity index (χ1v) is 11.6. The third-order valence-electron chi connectivity index (χ3n) is 4.61. The van der Waals surface area contributed by atoms with Gasteiger partial charge in [0.1, 0.15) is 0 Å². The molecule has 0 radical (unpaired) electrons. The van der Waals surface area contributed by atoms with Crippen LogP contribution in [0.1, 0.15) is 84.0 Å². The van der Waals surface area contributed by atoms with E-state index in [0.29, 0.717) is 5.73 Å². The standard InChI is InChI=1S/C17H36OSi/c1-3-4-5-6-7-8-9-10-13-16-19(2)17-14-11-12-15-18-17/h17,19H,3-16H2,1-2H3. The summed E-state index contributed by atoms with van der Waals surface area (Å²) in [6.07, 6.45) is 17.2. The summed E-state index contributed by atoms with van der Waals surface area (Å²) in [7, 11) is -0.580. The van der Waals surface area contributed by atoms with Gasteiger partial charge in [0.15, 0.2) is 0 Å². The van der Waals surface area contributed by atoms with Crippen molar-refractivity contribution in [1.29, 1.82) is 0 Å². The van der Waals surface area contributed by atoms with Gasteiger partial charge in [0.05, 0.1) is 8.80 Å². The van der Waals surface area contributed by atoms with Crippen LogP contribution < -0.4 is 0 Å². The van der Waals surface area contributed by atoms with E-state index in [1.54, 1.807) is 0 Å². The Morgan fingerprint density at radius 3 is 2.11 bits per heavy atom. The first-order valence-electron chi connectivity index (χ1n) is 8.96. The number of rotatable bonds is 11. The monoisotopic (exact) mass is 284 g/mol. The van der Waals surface area contributed by atoms with Crippen LogP contribution in [-0.2, 0) is 4.74 Å². The van der Waals surface area contributed by atoms with Crippen molar-refractivity contribution in [1.82, 2.24) is 0 Å². The minimum absolute atomic E-state index is 0.580. The zero-order valence-corrected chi connectivity index (χ0v) is 14.6. The summed E-state index contributed by atoms with van der Waals surface area (Å²) in [4.78, 5) is 0. The maximum Gasteiger partial charge on any atom is 0.0686 e. The number of hydrogen-bond donors (Lipinski definition) is 0. The predicted octanol–water partition coefficient (Wildman–Crippen LogP) is 5.48. The molecule has 1 saturated heterocycles. The molecule has 114 valence electrons. The Morgan fingerprint density at radius 1 is 0.895 bits per heavy atom. The molecule has 0 aromatic heterocycles. The average Bonchev–Trinajstić information content (AvgIpc) is 2.46. The molecule has 1 aliphatic heterocycles. The lowest BCUT2D eigenvalue weighted by atomic mass is 10.1. The molecule has 1 aliphatic rings. The van der Waals surface area contributed by atoms with E-state index in [-0.39, 0.29) is 0 Å². The molecule has 2 heteroatoms. The molecule has 0 spiro atoms. The first-order chi connectivity index (χ1) is 9.34. The van der Waals surface area contributed by atoms with Gasteiger partial charge in [-0.25, -0.2) is 0 Å². The predicted molar refractivity (Wildman–Crippen MR) is 88.6 cm³/mol. The van der Waals surface area contributed by atoms with E-state index in [0.717, 1.165) is 6.61 Å². The van der Waals surface area contributed by atoms with Crippen molar-refractivity contribution in [3.63, 3.8) is 0 Å². The molecule has 0 aliphatic carbocycles. The number of ether oxygens (including phenoxy) is 1. The van der Waals surface area contributed by atoms with Gasteiger partial charge in [0.25, 0.3) is 0 Å². The second-order valence-corrected chi connectivity index (χ2v) is 9.77. The fourth-order valence-corrected chi connectivity index (χ4v) is 5.75. The lowest BCUT2D eigenvalue weighted by molar-refractivity contribution is 0.0625. The fraction of sp³-hybridized carbons (Fsp3) is 1.00. The summed E-state index contributed by atoms with van der Waals surface area (Å²) < 4.78 is 5.93. The lowest BCUT2D eigenvalue weighted by Gasteiger charge is -2.27. The molecule has 0 saturated carbocycles. The molecule has 0 bridgehead atoms. The Balaban J connectivity index is 1.84. The van der Waals surface area contributed by atoms with E-state index in [9.17, 15) is 0 Å². The number of unbranched alkanes of at least 4 members (excludes halogenated alkanes) is 8. The normalized spacial score (nSPS) is 21.5. The number of hydrogen-bond acceptors (Lipinski definition) is 1. The topological polar surface area (TPSA) is 9.23 Å². The van der Waals surface area contributed by atoms with E-state index in [4.69, 9.17) is 4.74 Å². The molecule has 1 heterocycles. The van der Waals surface area contributed by atoms with Crippen LogP contribution in [0.15, 0.2) is 0 Å². The van der Waals surface area contributed by atoms with Crippen LogP contribution in [0.5, 0.6) is 0 Å². The van der Waals surface area contributed by atoms with Crippen LogP contribution in [0, 0.1) is 0 Å². The van der Waals surface area contributed by atoms with E-state index in [1.165, 1.54) is 83.1 Å². The maximum absolute atomic E-state index is 5.93. The summed E-state index contributed by atoms with van der Waals surface area (Å²) in [5, 5.41) is 0. The average molecular weight is 285 g/mol. The third-order valence-corrected chi connectivity index (χ3v) is 7.73. The minimum Gasteiger partial charge on any atom is -0.382 e. The largest absolute Gasteiger partial charge is 0.382 e. The van der Waals surface area contributed by atoms with Crippen LogP contribution >= 0.6 is 0 Å². The molecule has 2 atom stereocenters. The van der Waals surface area contributed by atoms with Gasteiger partial charge in [-0.15, -0.1) is 0 Å². The second kappa shape index (κ2) is 12.0. The molecule has 0 aromatic carbocycles. The van der Waals surface area contributed by atoms with Gasteiger partial charge in [-0.05, 0) is 19.3 Å². The Bertz CT molecular complexity index is 190. The SMILES string of the molecule is CCCCCCCCCCC[SiH](C)C1CCCCO1. The summed E-state index contributed by atoms with van der Waals surface area (Å²) in [5.74, 6) is 0. The van der Waals surface area contributed by atoms with Crippen molar-refractivity contribution in [3.05, 3.63) is 0 Å². The van der Waals surface area contributed by atoms with E-state index in [2.05, 4.69) is 13.5 Å². The molecule has 1 rings (SSSR count). The summed E-state index contributed by atoms with van der Waals surface area (Å²) >= 11 is 0. The Labute approximate surface area is 123 Å². The molecule has 0 aromatic rings. The van der Waals surface area contributed by atoms with Crippen LogP contribution in [0.2, 0.25) is 12.6 Å². The zero-order chi connectivity index (χ0) is 13.8. The van der Waals surface area contributed by atoms with Gasteiger partial charge < -0.3 is 4.74 Å². The highest BCUT2D eigenvalue weighted by atomic mass is 28.3. The van der Waals surface area contributed by atoms with Crippen LogP contribution in [0.3, 0.4) is 0 Å². The molecule has 2 unspecified atom stereocenters. The van der Waals surface area contributed by atoms with Gasteiger partial charge >= 0.3 is 0 Å². The third kappa shape index (κ3) is 8.86. The van der Waals surface area contributed by atoms with Crippen molar-refractivity contribution < 1.29 is 4.74 Å². The molecule has 19 heavy (non-hydrogen) atoms. The van der Waals surface area contributed by atoms with Gasteiger partial charge in [-0.3, -0.25) is 0 Å². The van der Waals surface area contributed by atoms with Crippen LogP contribution in [0.25, 0.3) is 0 Å². The van der Waals surface area contributed by atoms with Gasteiger partial charge in [0.2, 0.25) is 0 Å². The van der Waals surface area contributed by atoms with E-state index in [1.807, 2.05) is 0 Å². The van der Waals surface area contributed by atoms with Crippen molar-refractivity contribution >= 4 is 8.80 Å².